The first-order valence-corrected chi connectivity index (χ1v) is 5.66. The Hall–Kier alpha value is -0.940. The van der Waals surface area contributed by atoms with Crippen LogP contribution in [0, 0.1) is 0 Å². The van der Waals surface area contributed by atoms with E-state index in [9.17, 15) is 4.79 Å². The molecule has 1 aromatic heterocycles. The minimum absolute atomic E-state index is 0.0740. The van der Waals surface area contributed by atoms with Gasteiger partial charge in [-0.15, -0.1) is 0 Å². The zero-order valence-electron chi connectivity index (χ0n) is 8.16. The number of pyridine rings is 1. The molecule has 0 aromatic carbocycles. The van der Waals surface area contributed by atoms with Crippen molar-refractivity contribution in [2.45, 2.75) is 12.5 Å². The third-order valence-electron chi connectivity index (χ3n) is 2.41. The topological polar surface area (TPSA) is 54.0 Å². The lowest BCUT2D eigenvalue weighted by molar-refractivity contribution is -0.121. The Bertz CT molecular complexity index is 369. The van der Waals surface area contributed by atoms with Gasteiger partial charge >= 0.3 is 0 Å². The first-order valence-electron chi connectivity index (χ1n) is 4.87. The van der Waals surface area contributed by atoms with Crippen LogP contribution in [0.4, 0.5) is 0 Å². The second-order valence-corrected chi connectivity index (χ2v) is 4.31. The van der Waals surface area contributed by atoms with E-state index in [-0.39, 0.29) is 11.9 Å². The predicted octanol–water partition coefficient (Wildman–Crippen LogP) is 0.995. The molecule has 1 amide bonds. The predicted molar refractivity (Wildman–Crippen MR) is 60.3 cm³/mol. The standard InChI is InChI=1S/C10H12BrN3O/c11-8-6-12-2-1-7(8)9-5-10(15)14-4-3-13-9/h1-2,6,9,13H,3-5H2,(H,14,15). The number of nitrogens with zero attached hydrogens (tertiary/aromatic N) is 1. The van der Waals surface area contributed by atoms with E-state index in [1.54, 1.807) is 12.4 Å². The van der Waals surface area contributed by atoms with Gasteiger partial charge in [-0.05, 0) is 27.6 Å². The molecule has 1 unspecified atom stereocenters. The fourth-order valence-corrected chi connectivity index (χ4v) is 2.19. The maximum absolute atomic E-state index is 11.4. The van der Waals surface area contributed by atoms with Gasteiger partial charge < -0.3 is 10.6 Å². The summed E-state index contributed by atoms with van der Waals surface area (Å²) in [5.74, 6) is 0.0914. The second kappa shape index (κ2) is 4.72. The first-order chi connectivity index (χ1) is 7.27. The van der Waals surface area contributed by atoms with Crippen LogP contribution in [-0.2, 0) is 4.79 Å². The van der Waals surface area contributed by atoms with Crippen LogP contribution in [0.15, 0.2) is 22.9 Å². The molecule has 0 spiro atoms. The van der Waals surface area contributed by atoms with E-state index < -0.39 is 0 Å². The monoisotopic (exact) mass is 269 g/mol. The SMILES string of the molecule is O=C1CC(c2ccncc2Br)NCCN1. The van der Waals surface area contributed by atoms with Crippen LogP contribution in [0.1, 0.15) is 18.0 Å². The molecule has 0 aliphatic carbocycles. The number of hydrogen-bond acceptors (Lipinski definition) is 3. The van der Waals surface area contributed by atoms with Crippen molar-refractivity contribution in [2.24, 2.45) is 0 Å². The van der Waals surface area contributed by atoms with Crippen LogP contribution in [0.2, 0.25) is 0 Å². The summed E-state index contributed by atoms with van der Waals surface area (Å²) in [6.45, 7) is 1.49. The zero-order chi connectivity index (χ0) is 10.7. The second-order valence-electron chi connectivity index (χ2n) is 3.46. The molecule has 0 bridgehead atoms. The highest BCUT2D eigenvalue weighted by atomic mass is 79.9. The van der Waals surface area contributed by atoms with Crippen LogP contribution < -0.4 is 10.6 Å². The van der Waals surface area contributed by atoms with Crippen LogP contribution in [0.25, 0.3) is 0 Å². The molecule has 1 aliphatic heterocycles. The Morgan fingerprint density at radius 1 is 1.47 bits per heavy atom. The third kappa shape index (κ3) is 2.54. The maximum Gasteiger partial charge on any atom is 0.221 e. The normalized spacial score (nSPS) is 21.9. The summed E-state index contributed by atoms with van der Waals surface area (Å²) in [6, 6.07) is 2.00. The Morgan fingerprint density at radius 2 is 2.33 bits per heavy atom. The van der Waals surface area contributed by atoms with Gasteiger partial charge in [0, 0.05) is 42.4 Å². The van der Waals surface area contributed by atoms with Crippen LogP contribution in [-0.4, -0.2) is 24.0 Å². The van der Waals surface area contributed by atoms with Gasteiger partial charge in [0.15, 0.2) is 0 Å². The van der Waals surface area contributed by atoms with Gasteiger partial charge in [-0.1, -0.05) is 0 Å². The van der Waals surface area contributed by atoms with Crippen molar-refractivity contribution in [3.8, 4) is 0 Å². The summed E-state index contributed by atoms with van der Waals surface area (Å²) >= 11 is 3.44. The van der Waals surface area contributed by atoms with Crippen LogP contribution in [0.5, 0.6) is 0 Å². The van der Waals surface area contributed by atoms with Crippen molar-refractivity contribution in [3.05, 3.63) is 28.5 Å². The molecular formula is C10H12BrN3O. The van der Waals surface area contributed by atoms with Crippen molar-refractivity contribution in [1.29, 1.82) is 0 Å². The third-order valence-corrected chi connectivity index (χ3v) is 3.07. The molecule has 1 saturated heterocycles. The Kier molecular flexibility index (Phi) is 3.33. The highest BCUT2D eigenvalue weighted by molar-refractivity contribution is 9.10. The Labute approximate surface area is 96.6 Å². The summed E-state index contributed by atoms with van der Waals surface area (Å²) in [5.41, 5.74) is 1.09. The molecule has 0 radical (unpaired) electrons. The smallest absolute Gasteiger partial charge is 0.221 e. The first kappa shape index (κ1) is 10.6. The number of carbonyl (C=O) groups is 1. The molecule has 2 heterocycles. The van der Waals surface area contributed by atoms with Crippen molar-refractivity contribution in [1.82, 2.24) is 15.6 Å². The minimum atomic E-state index is 0.0740. The number of aromatic nitrogens is 1. The van der Waals surface area contributed by atoms with Gasteiger partial charge in [0.25, 0.3) is 0 Å². The molecule has 4 nitrogen and oxygen atoms in total. The Morgan fingerprint density at radius 3 is 3.13 bits per heavy atom. The quantitative estimate of drug-likeness (QED) is 0.800. The van der Waals surface area contributed by atoms with E-state index >= 15 is 0 Å². The molecule has 2 N–H and O–H groups in total. The summed E-state index contributed by atoms with van der Waals surface area (Å²) in [6.07, 6.45) is 3.97. The van der Waals surface area contributed by atoms with Crippen LogP contribution in [0.3, 0.4) is 0 Å². The zero-order valence-corrected chi connectivity index (χ0v) is 9.75. The van der Waals surface area contributed by atoms with E-state index in [2.05, 4.69) is 31.5 Å². The highest BCUT2D eigenvalue weighted by Gasteiger charge is 2.19. The Balaban J connectivity index is 2.22. The molecule has 2 rings (SSSR count). The van der Waals surface area contributed by atoms with Crippen molar-refractivity contribution < 1.29 is 4.79 Å². The molecule has 80 valence electrons. The lowest BCUT2D eigenvalue weighted by Gasteiger charge is -2.15. The van der Waals surface area contributed by atoms with Crippen molar-refractivity contribution in [3.63, 3.8) is 0 Å². The number of carbonyl (C=O) groups excluding carboxylic acids is 1. The lowest BCUT2D eigenvalue weighted by atomic mass is 10.1. The van der Waals surface area contributed by atoms with Crippen molar-refractivity contribution in [2.75, 3.05) is 13.1 Å². The van der Waals surface area contributed by atoms with Gasteiger partial charge in [-0.2, -0.15) is 0 Å². The molecule has 5 heteroatoms. The maximum atomic E-state index is 11.4. The fraction of sp³-hybridized carbons (Fsp3) is 0.400. The largest absolute Gasteiger partial charge is 0.355 e. The number of rotatable bonds is 1. The van der Waals surface area contributed by atoms with E-state index in [0.29, 0.717) is 13.0 Å². The lowest BCUT2D eigenvalue weighted by Crippen LogP contribution is -2.24. The summed E-state index contributed by atoms with van der Waals surface area (Å²) in [7, 11) is 0. The molecule has 15 heavy (non-hydrogen) atoms. The van der Waals surface area contributed by atoms with Gasteiger partial charge in [-0.25, -0.2) is 0 Å². The summed E-state index contributed by atoms with van der Waals surface area (Å²) in [5, 5.41) is 6.16. The number of nitrogens with one attached hydrogen (secondary N) is 2. The highest BCUT2D eigenvalue weighted by Crippen LogP contribution is 2.24. The average Bonchev–Trinajstić information content (AvgIpc) is 2.43. The number of hydrogen-bond donors (Lipinski definition) is 2. The van der Waals surface area contributed by atoms with Crippen molar-refractivity contribution >= 4 is 21.8 Å². The molecule has 1 aromatic rings. The summed E-state index contributed by atoms with van der Waals surface area (Å²) in [4.78, 5) is 15.4. The number of amides is 1. The molecular weight excluding hydrogens is 258 g/mol. The average molecular weight is 270 g/mol. The van der Waals surface area contributed by atoms with E-state index in [4.69, 9.17) is 0 Å². The molecule has 1 atom stereocenters. The molecule has 0 saturated carbocycles. The minimum Gasteiger partial charge on any atom is -0.355 e. The fourth-order valence-electron chi connectivity index (χ4n) is 1.67. The van der Waals surface area contributed by atoms with E-state index in [0.717, 1.165) is 16.6 Å². The van der Waals surface area contributed by atoms with Gasteiger partial charge in [0.2, 0.25) is 5.91 Å². The van der Waals surface area contributed by atoms with E-state index in [1.165, 1.54) is 0 Å². The number of halogens is 1. The van der Waals surface area contributed by atoms with Gasteiger partial charge in [0.1, 0.15) is 0 Å². The van der Waals surface area contributed by atoms with Crippen LogP contribution >= 0.6 is 15.9 Å². The molecule has 1 fully saturated rings. The van der Waals surface area contributed by atoms with Gasteiger partial charge in [-0.3, -0.25) is 9.78 Å². The molecule has 1 aliphatic rings. The van der Waals surface area contributed by atoms with E-state index in [1.807, 2.05) is 6.07 Å². The van der Waals surface area contributed by atoms with Gasteiger partial charge in [0.05, 0.1) is 0 Å². The summed E-state index contributed by atoms with van der Waals surface area (Å²) < 4.78 is 0.942.